The van der Waals surface area contributed by atoms with E-state index < -0.39 is 59.1 Å². The average molecular weight is 751 g/mol. The highest BCUT2D eigenvalue weighted by Gasteiger charge is 2.47. The van der Waals surface area contributed by atoms with Crippen LogP contribution in [-0.2, 0) is 53.7 Å². The lowest BCUT2D eigenvalue weighted by molar-refractivity contribution is -0.153. The lowest BCUT2D eigenvalue weighted by atomic mass is 9.85. The minimum atomic E-state index is -4.74. The number of hydrogen-bond acceptors (Lipinski definition) is 8. The first-order chi connectivity index (χ1) is 25.1. The van der Waals surface area contributed by atoms with Gasteiger partial charge in [-0.2, -0.15) is 26.3 Å². The summed E-state index contributed by atoms with van der Waals surface area (Å²) in [6.45, 7) is -0.387. The number of phenolic OH excluding ortho intramolecular Hbond substituents is 1. The van der Waals surface area contributed by atoms with Crippen molar-refractivity contribution in [2.24, 2.45) is 0 Å². The van der Waals surface area contributed by atoms with E-state index in [0.717, 1.165) is 21.3 Å². The maximum Gasteiger partial charge on any atom is 0.449 e. The third-order valence-electron chi connectivity index (χ3n) is 9.71. The van der Waals surface area contributed by atoms with E-state index in [1.54, 1.807) is 12.1 Å². The molecule has 4 heterocycles. The molecule has 1 unspecified atom stereocenters. The molecule has 2 aliphatic rings. The van der Waals surface area contributed by atoms with Crippen molar-refractivity contribution in [3.8, 4) is 5.75 Å². The molecule has 2 aromatic carbocycles. The Labute approximate surface area is 298 Å². The molecule has 2 aromatic heterocycles. The second-order valence-corrected chi connectivity index (χ2v) is 13.2. The van der Waals surface area contributed by atoms with Gasteiger partial charge in [0, 0.05) is 19.5 Å². The number of furan rings is 1. The topological polar surface area (TPSA) is 139 Å². The van der Waals surface area contributed by atoms with Crippen LogP contribution in [0.3, 0.4) is 0 Å². The molecule has 0 aliphatic carbocycles. The third kappa shape index (κ3) is 8.21. The number of aromatic hydroxyl groups is 1. The zero-order chi connectivity index (χ0) is 38.1. The van der Waals surface area contributed by atoms with Crippen molar-refractivity contribution in [1.29, 1.82) is 0 Å². The highest BCUT2D eigenvalue weighted by molar-refractivity contribution is 5.66. The largest absolute Gasteiger partial charge is 0.508 e. The number of nitrogens with zero attached hydrogens (tertiary/aromatic N) is 3. The fourth-order valence-electron chi connectivity index (χ4n) is 7.09. The quantitative estimate of drug-likeness (QED) is 0.125. The van der Waals surface area contributed by atoms with Gasteiger partial charge in [0.1, 0.15) is 17.1 Å². The van der Waals surface area contributed by atoms with Crippen LogP contribution in [0.25, 0.3) is 0 Å². The molecule has 0 bridgehead atoms. The van der Waals surface area contributed by atoms with Gasteiger partial charge in [0.2, 0.25) is 5.76 Å². The van der Waals surface area contributed by atoms with Crippen LogP contribution in [0, 0.1) is 0 Å². The number of likely N-dealkylation sites (tertiary alicyclic amines) is 1. The summed E-state index contributed by atoms with van der Waals surface area (Å²) in [7, 11) is 0. The minimum Gasteiger partial charge on any atom is -0.508 e. The summed E-state index contributed by atoms with van der Waals surface area (Å²) in [5.41, 5.74) is -3.31. The molecule has 1 fully saturated rings. The molecular weight excluding hydrogens is 714 g/mol. The Morgan fingerprint density at radius 1 is 0.925 bits per heavy atom. The van der Waals surface area contributed by atoms with E-state index in [4.69, 9.17) is 14.3 Å². The van der Waals surface area contributed by atoms with Crippen LogP contribution in [0.15, 0.2) is 74.7 Å². The van der Waals surface area contributed by atoms with Gasteiger partial charge in [-0.25, -0.2) is 4.79 Å². The number of fused-ring (bicyclic) bond motifs is 2. The number of piperidine rings is 1. The molecule has 0 saturated carbocycles. The Bertz CT molecular complexity index is 2080. The molecule has 0 radical (unpaired) electrons. The number of phenols is 1. The van der Waals surface area contributed by atoms with E-state index in [0.29, 0.717) is 5.56 Å². The first kappa shape index (κ1) is 37.9. The third-order valence-corrected chi connectivity index (χ3v) is 9.71. The lowest BCUT2D eigenvalue weighted by Crippen LogP contribution is -2.50. The van der Waals surface area contributed by atoms with E-state index in [-0.39, 0.29) is 93.3 Å². The number of rotatable bonds is 12. The second-order valence-electron chi connectivity index (χ2n) is 13.2. The molecular formula is C36H36F6N4O7. The van der Waals surface area contributed by atoms with Crippen LogP contribution >= 0.6 is 0 Å². The molecule has 0 amide bonds. The van der Waals surface area contributed by atoms with Gasteiger partial charge in [-0.1, -0.05) is 30.3 Å². The molecule has 1 atom stereocenters. The Morgan fingerprint density at radius 2 is 1.66 bits per heavy atom. The van der Waals surface area contributed by atoms with E-state index in [1.807, 2.05) is 4.90 Å². The summed E-state index contributed by atoms with van der Waals surface area (Å²) in [5.74, 6) is -2.16. The van der Waals surface area contributed by atoms with Crippen LogP contribution in [-0.4, -0.2) is 49.9 Å². The molecule has 53 heavy (non-hydrogen) atoms. The minimum absolute atomic E-state index is 0.0517. The SMILES string of the molecule is O=C(O)CCCNC(Cn1c(=O)c2c(n(Cc3ccccc3C(F)(F)F)c1=O)COC21CCN(Cc2ccc(C(F)(F)F)o2)CC1)c1cccc(O)c1. The van der Waals surface area contributed by atoms with Gasteiger partial charge in [-0.05, 0) is 67.3 Å². The van der Waals surface area contributed by atoms with Crippen molar-refractivity contribution < 1.29 is 50.5 Å². The molecule has 2 aliphatic heterocycles. The number of carbonyl (C=O) groups is 1. The molecule has 4 aromatic rings. The number of aromatic nitrogens is 2. The van der Waals surface area contributed by atoms with Crippen molar-refractivity contribution in [1.82, 2.24) is 19.4 Å². The standard InChI is InChI=1S/C36H36F6N4O7/c37-35(38,39)26-8-2-1-5-23(26)18-45-28-21-52-34(12-15-44(16-13-34)19-25-10-11-29(53-25)36(40,41)42)31(28)32(50)46(33(45)51)20-27(43-14-4-9-30(48)49)22-6-3-7-24(47)17-22/h1-3,5-8,10-11,17,27,43,47H,4,9,12-16,18-21H2,(H,48,49). The van der Waals surface area contributed by atoms with Gasteiger partial charge in [0.15, 0.2) is 0 Å². The zero-order valence-electron chi connectivity index (χ0n) is 28.2. The summed E-state index contributed by atoms with van der Waals surface area (Å²) in [6.07, 6.45) is -8.98. The summed E-state index contributed by atoms with van der Waals surface area (Å²) in [6, 6.07) is 12.1. The molecule has 6 rings (SSSR count). The van der Waals surface area contributed by atoms with Crippen molar-refractivity contribution in [2.75, 3.05) is 19.6 Å². The van der Waals surface area contributed by atoms with Gasteiger partial charge < -0.3 is 24.7 Å². The fraction of sp³-hybridized carbons (Fsp3) is 0.417. The maximum atomic E-state index is 14.5. The zero-order valence-corrected chi connectivity index (χ0v) is 28.2. The smallest absolute Gasteiger partial charge is 0.449 e. The Morgan fingerprint density at radius 3 is 2.32 bits per heavy atom. The number of benzene rings is 2. The van der Waals surface area contributed by atoms with Gasteiger partial charge >= 0.3 is 24.0 Å². The van der Waals surface area contributed by atoms with Crippen LogP contribution in [0.1, 0.15) is 71.2 Å². The number of alkyl halides is 6. The monoisotopic (exact) mass is 750 g/mol. The summed E-state index contributed by atoms with van der Waals surface area (Å²) >= 11 is 0. The second kappa shape index (κ2) is 14.9. The molecule has 284 valence electrons. The fourth-order valence-corrected chi connectivity index (χ4v) is 7.09. The summed E-state index contributed by atoms with van der Waals surface area (Å²) < 4.78 is 94.9. The van der Waals surface area contributed by atoms with E-state index >= 15 is 0 Å². The van der Waals surface area contributed by atoms with E-state index in [2.05, 4.69) is 5.32 Å². The number of hydrogen-bond donors (Lipinski definition) is 3. The molecule has 11 nitrogen and oxygen atoms in total. The van der Waals surface area contributed by atoms with Crippen molar-refractivity contribution >= 4 is 5.97 Å². The number of ether oxygens (including phenoxy) is 1. The Hall–Kier alpha value is -4.87. The number of carboxylic acids is 1. The highest BCUT2D eigenvalue weighted by atomic mass is 19.4. The van der Waals surface area contributed by atoms with Gasteiger partial charge in [-0.15, -0.1) is 0 Å². The first-order valence-corrected chi connectivity index (χ1v) is 16.8. The van der Waals surface area contributed by atoms with Crippen molar-refractivity contribution in [2.45, 2.75) is 75.9 Å². The van der Waals surface area contributed by atoms with Crippen LogP contribution < -0.4 is 16.6 Å². The van der Waals surface area contributed by atoms with Crippen LogP contribution in [0.5, 0.6) is 5.75 Å². The number of carboxylic acid groups (broad SMARTS) is 1. The van der Waals surface area contributed by atoms with E-state index in [9.17, 15) is 45.8 Å². The van der Waals surface area contributed by atoms with Gasteiger partial charge in [0.25, 0.3) is 5.56 Å². The van der Waals surface area contributed by atoms with Gasteiger partial charge in [-0.3, -0.25) is 23.6 Å². The summed E-state index contributed by atoms with van der Waals surface area (Å²) in [5, 5.41) is 22.5. The normalized spacial score (nSPS) is 16.6. The predicted octanol–water partition coefficient (Wildman–Crippen LogP) is 5.61. The molecule has 1 spiro atoms. The number of aliphatic carboxylic acids is 1. The van der Waals surface area contributed by atoms with Gasteiger partial charge in [0.05, 0.1) is 49.1 Å². The average Bonchev–Trinajstić information content (AvgIpc) is 3.72. The molecule has 3 N–H and O–H groups in total. The van der Waals surface area contributed by atoms with Crippen molar-refractivity contribution in [3.63, 3.8) is 0 Å². The Kier molecular flexibility index (Phi) is 10.6. The van der Waals surface area contributed by atoms with E-state index in [1.165, 1.54) is 36.4 Å². The number of halogens is 6. The van der Waals surface area contributed by atoms with Crippen LogP contribution in [0.2, 0.25) is 0 Å². The summed E-state index contributed by atoms with van der Waals surface area (Å²) in [4.78, 5) is 41.8. The highest BCUT2D eigenvalue weighted by Crippen LogP contribution is 2.43. The maximum absolute atomic E-state index is 14.5. The lowest BCUT2D eigenvalue weighted by Gasteiger charge is -2.38. The first-order valence-electron chi connectivity index (χ1n) is 16.8. The van der Waals surface area contributed by atoms with Crippen LogP contribution in [0.4, 0.5) is 26.3 Å². The predicted molar refractivity (Wildman–Crippen MR) is 176 cm³/mol. The molecule has 1 saturated heterocycles. The molecule has 17 heteroatoms. The van der Waals surface area contributed by atoms with Crippen molar-refractivity contribution in [3.05, 3.63) is 121 Å². The number of nitrogens with one attached hydrogen (secondary N) is 1. The Balaban J connectivity index is 1.39.